The smallest absolute Gasteiger partial charge is 0.319 e. The van der Waals surface area contributed by atoms with Crippen molar-refractivity contribution in [2.45, 2.75) is 19.3 Å². The SMILES string of the molecule is COC(=O)C1CCN(C(=O)N(C)CCC(=O)O)CC1. The van der Waals surface area contributed by atoms with Gasteiger partial charge < -0.3 is 19.6 Å². The fraction of sp³-hybridized carbons (Fsp3) is 0.750. The maximum atomic E-state index is 12.0. The average molecular weight is 272 g/mol. The highest BCUT2D eigenvalue weighted by molar-refractivity contribution is 5.76. The van der Waals surface area contributed by atoms with Gasteiger partial charge in [-0.1, -0.05) is 0 Å². The van der Waals surface area contributed by atoms with Crippen molar-refractivity contribution in [2.75, 3.05) is 33.8 Å². The molecule has 1 heterocycles. The summed E-state index contributed by atoms with van der Waals surface area (Å²) in [6, 6.07) is -0.190. The second-order valence-corrected chi connectivity index (χ2v) is 4.63. The molecule has 7 heteroatoms. The summed E-state index contributed by atoms with van der Waals surface area (Å²) in [5, 5.41) is 8.57. The molecule has 0 aromatic carbocycles. The van der Waals surface area contributed by atoms with E-state index in [9.17, 15) is 14.4 Å². The molecule has 1 saturated heterocycles. The first-order valence-electron chi connectivity index (χ1n) is 6.25. The summed E-state index contributed by atoms with van der Waals surface area (Å²) >= 11 is 0. The van der Waals surface area contributed by atoms with E-state index in [-0.39, 0.29) is 30.9 Å². The van der Waals surface area contributed by atoms with E-state index in [2.05, 4.69) is 4.74 Å². The van der Waals surface area contributed by atoms with Crippen LogP contribution in [0.2, 0.25) is 0 Å². The van der Waals surface area contributed by atoms with Crippen LogP contribution in [0, 0.1) is 5.92 Å². The number of carbonyl (C=O) groups is 3. The number of nitrogens with zero attached hydrogens (tertiary/aromatic N) is 2. The molecule has 0 aromatic heterocycles. The molecule has 1 fully saturated rings. The number of urea groups is 1. The van der Waals surface area contributed by atoms with Crippen molar-refractivity contribution in [1.29, 1.82) is 0 Å². The summed E-state index contributed by atoms with van der Waals surface area (Å²) < 4.78 is 4.68. The lowest BCUT2D eigenvalue weighted by atomic mass is 9.97. The molecule has 1 N–H and O–H groups in total. The van der Waals surface area contributed by atoms with E-state index in [1.54, 1.807) is 11.9 Å². The Balaban J connectivity index is 2.40. The number of amides is 2. The topological polar surface area (TPSA) is 87.2 Å². The minimum absolute atomic E-state index is 0.0686. The van der Waals surface area contributed by atoms with Gasteiger partial charge in [0.25, 0.3) is 0 Å². The molecule has 1 aliphatic heterocycles. The quantitative estimate of drug-likeness (QED) is 0.748. The fourth-order valence-electron chi connectivity index (χ4n) is 2.07. The number of hydrogen-bond acceptors (Lipinski definition) is 4. The van der Waals surface area contributed by atoms with Gasteiger partial charge in [0.15, 0.2) is 0 Å². The van der Waals surface area contributed by atoms with Crippen molar-refractivity contribution >= 4 is 18.0 Å². The van der Waals surface area contributed by atoms with Crippen LogP contribution in [0.25, 0.3) is 0 Å². The summed E-state index contributed by atoms with van der Waals surface area (Å²) in [4.78, 5) is 36.8. The minimum Gasteiger partial charge on any atom is -0.481 e. The number of ether oxygens (including phenoxy) is 1. The van der Waals surface area contributed by atoms with Crippen molar-refractivity contribution in [2.24, 2.45) is 5.92 Å². The third-order valence-corrected chi connectivity index (χ3v) is 3.29. The minimum atomic E-state index is -0.927. The van der Waals surface area contributed by atoms with Gasteiger partial charge in [0.1, 0.15) is 0 Å². The monoisotopic (exact) mass is 272 g/mol. The van der Waals surface area contributed by atoms with Crippen LogP contribution >= 0.6 is 0 Å². The third kappa shape index (κ3) is 4.42. The Bertz CT molecular complexity index is 350. The molecule has 0 unspecified atom stereocenters. The van der Waals surface area contributed by atoms with Crippen molar-refractivity contribution < 1.29 is 24.2 Å². The van der Waals surface area contributed by atoms with Gasteiger partial charge in [0, 0.05) is 26.7 Å². The molecule has 0 aromatic rings. The van der Waals surface area contributed by atoms with Crippen LogP contribution in [0.5, 0.6) is 0 Å². The summed E-state index contributed by atoms with van der Waals surface area (Å²) in [6.45, 7) is 1.18. The largest absolute Gasteiger partial charge is 0.481 e. The van der Waals surface area contributed by atoms with Crippen LogP contribution in [-0.4, -0.2) is 66.7 Å². The van der Waals surface area contributed by atoms with Gasteiger partial charge >= 0.3 is 18.0 Å². The van der Waals surface area contributed by atoms with Crippen molar-refractivity contribution in [3.8, 4) is 0 Å². The molecule has 19 heavy (non-hydrogen) atoms. The van der Waals surface area contributed by atoms with Gasteiger partial charge in [0.05, 0.1) is 19.4 Å². The predicted molar refractivity (Wildman–Crippen MR) is 66.6 cm³/mol. The molecule has 1 aliphatic rings. The molecule has 1 rings (SSSR count). The summed E-state index contributed by atoms with van der Waals surface area (Å²) in [6.07, 6.45) is 1.11. The van der Waals surface area contributed by atoms with E-state index in [4.69, 9.17) is 5.11 Å². The lowest BCUT2D eigenvalue weighted by Crippen LogP contribution is -2.46. The van der Waals surface area contributed by atoms with Crippen LogP contribution in [0.3, 0.4) is 0 Å². The summed E-state index contributed by atoms with van der Waals surface area (Å²) in [5.41, 5.74) is 0. The van der Waals surface area contributed by atoms with Gasteiger partial charge in [-0.15, -0.1) is 0 Å². The molecular weight excluding hydrogens is 252 g/mol. The Kier molecular flexibility index (Phi) is 5.59. The van der Waals surface area contributed by atoms with Crippen LogP contribution in [0.15, 0.2) is 0 Å². The Labute approximate surface area is 112 Å². The number of likely N-dealkylation sites (tertiary alicyclic amines) is 1. The predicted octanol–water partition coefficient (Wildman–Crippen LogP) is 0.398. The van der Waals surface area contributed by atoms with Gasteiger partial charge in [0.2, 0.25) is 0 Å². The lowest BCUT2D eigenvalue weighted by Gasteiger charge is -2.33. The second-order valence-electron chi connectivity index (χ2n) is 4.63. The van der Waals surface area contributed by atoms with Gasteiger partial charge in [-0.25, -0.2) is 4.79 Å². The number of methoxy groups -OCH3 is 1. The molecule has 0 saturated carbocycles. The standard InChI is InChI=1S/C12H20N2O5/c1-13(6-5-10(15)16)12(18)14-7-3-9(4-8-14)11(17)19-2/h9H,3-8H2,1-2H3,(H,15,16). The Morgan fingerprint density at radius 3 is 2.37 bits per heavy atom. The fourth-order valence-corrected chi connectivity index (χ4v) is 2.07. The Morgan fingerprint density at radius 2 is 1.89 bits per heavy atom. The molecule has 0 radical (unpaired) electrons. The van der Waals surface area contributed by atoms with Crippen LogP contribution in [-0.2, 0) is 14.3 Å². The molecule has 108 valence electrons. The molecule has 0 atom stereocenters. The molecule has 2 amide bonds. The first-order valence-corrected chi connectivity index (χ1v) is 6.25. The number of carbonyl (C=O) groups excluding carboxylic acids is 2. The van der Waals surface area contributed by atoms with Crippen LogP contribution in [0.4, 0.5) is 4.79 Å². The van der Waals surface area contributed by atoms with E-state index in [1.165, 1.54) is 12.0 Å². The normalized spacial score (nSPS) is 16.0. The van der Waals surface area contributed by atoms with E-state index in [0.717, 1.165) is 0 Å². The zero-order chi connectivity index (χ0) is 14.4. The number of piperidine rings is 1. The Hall–Kier alpha value is -1.79. The van der Waals surface area contributed by atoms with E-state index in [0.29, 0.717) is 25.9 Å². The summed E-state index contributed by atoms with van der Waals surface area (Å²) in [5.74, 6) is -1.30. The number of rotatable bonds is 4. The number of carboxylic acid groups (broad SMARTS) is 1. The highest BCUT2D eigenvalue weighted by Crippen LogP contribution is 2.19. The Morgan fingerprint density at radius 1 is 1.32 bits per heavy atom. The average Bonchev–Trinajstić information content (AvgIpc) is 2.43. The highest BCUT2D eigenvalue weighted by Gasteiger charge is 2.29. The van der Waals surface area contributed by atoms with Crippen LogP contribution in [0.1, 0.15) is 19.3 Å². The molecule has 7 nitrogen and oxygen atoms in total. The lowest BCUT2D eigenvalue weighted by molar-refractivity contribution is -0.147. The first kappa shape index (κ1) is 15.3. The molecular formula is C12H20N2O5. The van der Waals surface area contributed by atoms with Crippen LogP contribution < -0.4 is 0 Å². The maximum absolute atomic E-state index is 12.0. The number of aliphatic carboxylic acids is 1. The van der Waals surface area contributed by atoms with Gasteiger partial charge in [-0.3, -0.25) is 9.59 Å². The van der Waals surface area contributed by atoms with E-state index in [1.807, 2.05) is 0 Å². The van der Waals surface area contributed by atoms with E-state index < -0.39 is 5.97 Å². The molecule has 0 aliphatic carbocycles. The highest BCUT2D eigenvalue weighted by atomic mass is 16.5. The van der Waals surface area contributed by atoms with Crippen molar-refractivity contribution in [1.82, 2.24) is 9.80 Å². The van der Waals surface area contributed by atoms with Crippen molar-refractivity contribution in [3.63, 3.8) is 0 Å². The van der Waals surface area contributed by atoms with Gasteiger partial charge in [-0.2, -0.15) is 0 Å². The maximum Gasteiger partial charge on any atom is 0.319 e. The zero-order valence-corrected chi connectivity index (χ0v) is 11.3. The van der Waals surface area contributed by atoms with Crippen molar-refractivity contribution in [3.05, 3.63) is 0 Å². The van der Waals surface area contributed by atoms with Gasteiger partial charge in [-0.05, 0) is 12.8 Å². The zero-order valence-electron chi connectivity index (χ0n) is 11.3. The second kappa shape index (κ2) is 6.96. The molecule has 0 spiro atoms. The summed E-state index contributed by atoms with van der Waals surface area (Å²) in [7, 11) is 2.94. The van der Waals surface area contributed by atoms with E-state index >= 15 is 0 Å². The molecule has 0 bridgehead atoms. The number of hydrogen-bond donors (Lipinski definition) is 1. The third-order valence-electron chi connectivity index (χ3n) is 3.29. The first-order chi connectivity index (χ1) is 8.95. The number of esters is 1. The number of carboxylic acids is 1.